The normalized spacial score (nSPS) is 49.7. The first kappa shape index (κ1) is 8.93. The van der Waals surface area contributed by atoms with E-state index >= 15 is 0 Å². The molecule has 3 aliphatic carbocycles. The van der Waals surface area contributed by atoms with E-state index in [0.29, 0.717) is 5.41 Å². The third kappa shape index (κ3) is 0.983. The average Bonchev–Trinajstić information content (AvgIpc) is 2.03. The summed E-state index contributed by atoms with van der Waals surface area (Å²) in [5.41, 5.74) is 0.627. The van der Waals surface area contributed by atoms with Crippen LogP contribution in [0.25, 0.3) is 0 Å². The summed E-state index contributed by atoms with van der Waals surface area (Å²) in [6, 6.07) is 0. The molecule has 0 aromatic heterocycles. The first-order valence-electron chi connectivity index (χ1n) is 5.13. The molecular weight excluding hydrogens is 166 g/mol. The van der Waals surface area contributed by atoms with Crippen LogP contribution in [0.3, 0.4) is 0 Å². The number of rotatable bonds is 1. The maximum atomic E-state index is 5.95. The zero-order valence-corrected chi connectivity index (χ0v) is 9.06. The van der Waals surface area contributed by atoms with Gasteiger partial charge in [-0.25, -0.2) is 11.5 Å². The van der Waals surface area contributed by atoms with Gasteiger partial charge < -0.3 is 0 Å². The van der Waals surface area contributed by atoms with E-state index < -0.39 is 0 Å². The Balaban J connectivity index is 2.11. The van der Waals surface area contributed by atoms with Crippen molar-refractivity contribution in [3.8, 4) is 0 Å². The molecule has 0 nitrogen and oxygen atoms in total. The van der Waals surface area contributed by atoms with Gasteiger partial charge in [-0.1, -0.05) is 27.2 Å². The largest absolute Gasteiger partial charge is 0.236 e. The Bertz CT molecular complexity index is 190. The van der Waals surface area contributed by atoms with E-state index in [1.807, 2.05) is 0 Å². The molecule has 4 atom stereocenters. The fourth-order valence-corrected chi connectivity index (χ4v) is 3.87. The van der Waals surface area contributed by atoms with Gasteiger partial charge in [-0.05, 0) is 35.4 Å². The van der Waals surface area contributed by atoms with Crippen LogP contribution < -0.4 is 0 Å². The summed E-state index contributed by atoms with van der Waals surface area (Å²) >= 11 is 5.95. The molecule has 12 heavy (non-hydrogen) atoms. The highest BCUT2D eigenvalue weighted by Crippen LogP contribution is 2.64. The second-order valence-electron chi connectivity index (χ2n) is 5.37. The summed E-state index contributed by atoms with van der Waals surface area (Å²) in [7, 11) is 0. The zero-order chi connectivity index (χ0) is 8.93. The summed E-state index contributed by atoms with van der Waals surface area (Å²) in [6.45, 7) is 8.15. The number of hydrogen-bond acceptors (Lipinski definition) is 0. The lowest BCUT2D eigenvalue weighted by Crippen LogP contribution is -2.54. The quantitative estimate of drug-likeness (QED) is 0.550. The zero-order valence-electron chi connectivity index (χ0n) is 8.31. The van der Waals surface area contributed by atoms with Crippen molar-refractivity contribution < 1.29 is 0 Å². The van der Waals surface area contributed by atoms with Crippen molar-refractivity contribution in [3.05, 3.63) is 0 Å². The molecule has 3 rings (SSSR count). The van der Waals surface area contributed by atoms with E-state index in [1.165, 1.54) is 12.8 Å². The number of halogens is 1. The Morgan fingerprint density at radius 3 is 2.42 bits per heavy atom. The maximum Gasteiger partial charge on any atom is 0.236 e. The van der Waals surface area contributed by atoms with E-state index in [4.69, 9.17) is 11.5 Å². The predicted molar refractivity (Wildman–Crippen MR) is 55.9 cm³/mol. The van der Waals surface area contributed by atoms with Crippen molar-refractivity contribution >= 4 is 18.2 Å². The van der Waals surface area contributed by atoms with Crippen LogP contribution in [0.4, 0.5) is 0 Å². The summed E-state index contributed by atoms with van der Waals surface area (Å²) in [4.78, 5) is 0. The molecule has 2 bridgehead atoms. The van der Waals surface area contributed by atoms with Crippen LogP contribution in [0.2, 0.25) is 5.82 Å². The predicted octanol–water partition coefficient (Wildman–Crippen LogP) is 3.07. The molecule has 3 aliphatic rings. The molecule has 0 aromatic carbocycles. The molecule has 0 saturated heterocycles. The smallest absolute Gasteiger partial charge is 0.201 e. The lowest BCUT2D eigenvalue weighted by atomic mass is 9.41. The molecule has 3 saturated carbocycles. The minimum Gasteiger partial charge on any atom is -0.201 e. The molecule has 0 amide bonds. The van der Waals surface area contributed by atoms with E-state index in [2.05, 4.69) is 20.8 Å². The van der Waals surface area contributed by atoms with Gasteiger partial charge >= 0.3 is 0 Å². The molecule has 3 fully saturated rings. The standard InChI is InChI=1S/C10H18BCl/c1-6-8-4-7(10(8,2)3)5-9(6)11-12/h6-9,11H,4-5H2,1-3H3/t6-,7?,8?,9-/m1/s1. The third-order valence-electron chi connectivity index (χ3n) is 4.71. The van der Waals surface area contributed by atoms with Crippen molar-refractivity contribution in [2.24, 2.45) is 23.2 Å². The van der Waals surface area contributed by atoms with Crippen LogP contribution in [-0.2, 0) is 0 Å². The van der Waals surface area contributed by atoms with Crippen LogP contribution in [-0.4, -0.2) is 6.69 Å². The molecule has 0 heterocycles. The summed E-state index contributed by atoms with van der Waals surface area (Å²) in [5.74, 6) is 3.60. The summed E-state index contributed by atoms with van der Waals surface area (Å²) in [5, 5.41) is 0. The van der Waals surface area contributed by atoms with Crippen LogP contribution >= 0.6 is 11.5 Å². The minimum atomic E-state index is 0.627. The molecule has 2 heteroatoms. The molecule has 0 aliphatic heterocycles. The number of hydrogen-bond donors (Lipinski definition) is 0. The first-order valence-corrected chi connectivity index (χ1v) is 5.66. The van der Waals surface area contributed by atoms with Crippen molar-refractivity contribution in [1.82, 2.24) is 0 Å². The van der Waals surface area contributed by atoms with Crippen molar-refractivity contribution in [1.29, 1.82) is 0 Å². The molecule has 2 unspecified atom stereocenters. The summed E-state index contributed by atoms with van der Waals surface area (Å²) < 4.78 is 0. The second-order valence-corrected chi connectivity index (χ2v) is 5.68. The highest BCUT2D eigenvalue weighted by Gasteiger charge is 2.55. The van der Waals surface area contributed by atoms with Gasteiger partial charge in [-0.3, -0.25) is 0 Å². The van der Waals surface area contributed by atoms with Crippen molar-refractivity contribution in [2.45, 2.75) is 39.4 Å². The molecular formula is C10H18BCl. The third-order valence-corrected chi connectivity index (χ3v) is 5.11. The van der Waals surface area contributed by atoms with Crippen LogP contribution in [0.1, 0.15) is 33.6 Å². The van der Waals surface area contributed by atoms with E-state index in [0.717, 1.165) is 30.3 Å². The molecule has 0 N–H and O–H groups in total. The lowest BCUT2D eigenvalue weighted by Gasteiger charge is -2.62. The van der Waals surface area contributed by atoms with E-state index in [1.54, 1.807) is 0 Å². The molecule has 68 valence electrons. The van der Waals surface area contributed by atoms with Gasteiger partial charge in [0, 0.05) is 0 Å². The Kier molecular flexibility index (Phi) is 1.99. The van der Waals surface area contributed by atoms with E-state index in [9.17, 15) is 0 Å². The fraction of sp³-hybridized carbons (Fsp3) is 1.00. The highest BCUT2D eigenvalue weighted by atomic mass is 35.5. The van der Waals surface area contributed by atoms with Gasteiger partial charge in [0.1, 0.15) is 0 Å². The van der Waals surface area contributed by atoms with Crippen LogP contribution in [0, 0.1) is 23.2 Å². The molecule has 0 spiro atoms. The van der Waals surface area contributed by atoms with Gasteiger partial charge in [-0.2, -0.15) is 0 Å². The van der Waals surface area contributed by atoms with Gasteiger partial charge in [0.2, 0.25) is 6.69 Å². The van der Waals surface area contributed by atoms with Crippen molar-refractivity contribution in [2.75, 3.05) is 0 Å². The topological polar surface area (TPSA) is 0 Å². The Labute approximate surface area is 81.2 Å². The molecule has 0 aromatic rings. The first-order chi connectivity index (χ1) is 5.57. The van der Waals surface area contributed by atoms with Gasteiger partial charge in [-0.15, -0.1) is 0 Å². The van der Waals surface area contributed by atoms with Gasteiger partial charge in [0.25, 0.3) is 0 Å². The van der Waals surface area contributed by atoms with E-state index in [-0.39, 0.29) is 0 Å². The van der Waals surface area contributed by atoms with Crippen LogP contribution in [0.5, 0.6) is 0 Å². The minimum absolute atomic E-state index is 0.627. The Morgan fingerprint density at radius 1 is 1.33 bits per heavy atom. The Hall–Kier alpha value is 0.355. The fourth-order valence-electron chi connectivity index (χ4n) is 3.46. The highest BCUT2D eigenvalue weighted by molar-refractivity contribution is 6.94. The monoisotopic (exact) mass is 184 g/mol. The maximum absolute atomic E-state index is 5.95. The average molecular weight is 185 g/mol. The van der Waals surface area contributed by atoms with Gasteiger partial charge in [0.05, 0.1) is 0 Å². The van der Waals surface area contributed by atoms with Gasteiger partial charge in [0.15, 0.2) is 0 Å². The van der Waals surface area contributed by atoms with Crippen LogP contribution in [0.15, 0.2) is 0 Å². The SMILES string of the molecule is C[C@@H]1C2CC(C[C@H]1BCl)C2(C)C. The number of fused-ring (bicyclic) bond motifs is 2. The van der Waals surface area contributed by atoms with Crippen molar-refractivity contribution in [3.63, 3.8) is 0 Å². The Morgan fingerprint density at radius 2 is 2.00 bits per heavy atom. The molecule has 0 radical (unpaired) electrons. The summed E-state index contributed by atoms with van der Waals surface area (Å²) in [6.07, 6.45) is 2.86. The second kappa shape index (κ2) is 2.67. The lowest BCUT2D eigenvalue weighted by molar-refractivity contribution is -0.0982.